The van der Waals surface area contributed by atoms with Crippen molar-refractivity contribution in [2.45, 2.75) is 0 Å². The summed E-state index contributed by atoms with van der Waals surface area (Å²) < 4.78 is 5.51. The topological polar surface area (TPSA) is 89.1 Å². The Morgan fingerprint density at radius 1 is 1.47 bits per heavy atom. The summed E-state index contributed by atoms with van der Waals surface area (Å²) >= 11 is 3.23. The van der Waals surface area contributed by atoms with Crippen LogP contribution in [0.3, 0.4) is 0 Å². The van der Waals surface area contributed by atoms with Crippen LogP contribution >= 0.6 is 15.9 Å². The van der Waals surface area contributed by atoms with Gasteiger partial charge in [-0.05, 0) is 27.2 Å². The van der Waals surface area contributed by atoms with Gasteiger partial charge in [0.2, 0.25) is 0 Å². The lowest BCUT2D eigenvalue weighted by Gasteiger charge is -1.92. The van der Waals surface area contributed by atoms with Crippen LogP contribution in [0.25, 0.3) is 11.5 Å². The Labute approximate surface area is 92.1 Å². The zero-order valence-electron chi connectivity index (χ0n) is 7.22. The van der Waals surface area contributed by atoms with E-state index in [4.69, 9.17) is 9.63 Å². The van der Waals surface area contributed by atoms with Crippen molar-refractivity contribution in [1.29, 1.82) is 0 Å². The van der Waals surface area contributed by atoms with Gasteiger partial charge >= 0.3 is 5.97 Å². The first-order chi connectivity index (χ1) is 7.16. The summed E-state index contributed by atoms with van der Waals surface area (Å²) in [4.78, 5) is 18.1. The van der Waals surface area contributed by atoms with Gasteiger partial charge in [0.05, 0.1) is 5.56 Å². The quantitative estimate of drug-likeness (QED) is 0.891. The molecule has 0 saturated heterocycles. The van der Waals surface area contributed by atoms with Crippen LogP contribution in [0.2, 0.25) is 0 Å². The summed E-state index contributed by atoms with van der Waals surface area (Å²) in [6, 6.07) is 1.70. The standard InChI is InChI=1S/C8H4BrN3O3/c9-5-1-4(2-10-3-5)7-11-6(8(13)14)12-15-7/h1-3H,(H,13,14). The minimum Gasteiger partial charge on any atom is -0.475 e. The van der Waals surface area contributed by atoms with Crippen molar-refractivity contribution in [2.24, 2.45) is 0 Å². The molecule has 6 nitrogen and oxygen atoms in total. The van der Waals surface area contributed by atoms with Crippen molar-refractivity contribution < 1.29 is 14.4 Å². The molecule has 0 saturated carbocycles. The number of nitrogens with zero attached hydrogens (tertiary/aromatic N) is 3. The highest BCUT2D eigenvalue weighted by atomic mass is 79.9. The molecule has 76 valence electrons. The number of pyridine rings is 1. The molecule has 2 heterocycles. The number of hydrogen-bond acceptors (Lipinski definition) is 5. The first kappa shape index (κ1) is 9.78. The average molecular weight is 270 g/mol. The van der Waals surface area contributed by atoms with Crippen LogP contribution in [-0.4, -0.2) is 26.2 Å². The number of carbonyl (C=O) groups is 1. The molecule has 2 rings (SSSR count). The molecule has 0 atom stereocenters. The minimum absolute atomic E-state index is 0.126. The molecule has 2 aromatic rings. The molecule has 0 bridgehead atoms. The third-order valence-electron chi connectivity index (χ3n) is 1.57. The van der Waals surface area contributed by atoms with Gasteiger partial charge in [0.15, 0.2) is 0 Å². The molecule has 0 amide bonds. The summed E-state index contributed by atoms with van der Waals surface area (Å²) in [6.07, 6.45) is 3.10. The Hall–Kier alpha value is -1.76. The summed E-state index contributed by atoms with van der Waals surface area (Å²) in [5.41, 5.74) is 0.560. The number of rotatable bonds is 2. The van der Waals surface area contributed by atoms with Crippen molar-refractivity contribution in [2.75, 3.05) is 0 Å². The summed E-state index contributed by atoms with van der Waals surface area (Å²) in [5.74, 6) is -1.47. The monoisotopic (exact) mass is 269 g/mol. The molecule has 7 heteroatoms. The van der Waals surface area contributed by atoms with Gasteiger partial charge in [0.1, 0.15) is 0 Å². The zero-order chi connectivity index (χ0) is 10.8. The van der Waals surface area contributed by atoms with Crippen LogP contribution < -0.4 is 0 Å². The van der Waals surface area contributed by atoms with Gasteiger partial charge in [-0.3, -0.25) is 4.98 Å². The second-order valence-electron chi connectivity index (χ2n) is 2.62. The van der Waals surface area contributed by atoms with E-state index in [1.807, 2.05) is 0 Å². The van der Waals surface area contributed by atoms with Crippen LogP contribution in [0.5, 0.6) is 0 Å². The predicted octanol–water partition coefficient (Wildman–Crippen LogP) is 1.59. The molecule has 0 aliphatic heterocycles. The molecule has 0 unspecified atom stereocenters. The maximum Gasteiger partial charge on any atom is 0.377 e. The van der Waals surface area contributed by atoms with Crippen LogP contribution in [0.4, 0.5) is 0 Å². The molecular formula is C8H4BrN3O3. The number of hydrogen-bond donors (Lipinski definition) is 1. The van der Waals surface area contributed by atoms with Gasteiger partial charge in [0.25, 0.3) is 11.7 Å². The second-order valence-corrected chi connectivity index (χ2v) is 3.54. The molecule has 1 N–H and O–H groups in total. The largest absolute Gasteiger partial charge is 0.475 e. The number of halogens is 1. The minimum atomic E-state index is -1.23. The number of carboxylic acid groups (broad SMARTS) is 1. The van der Waals surface area contributed by atoms with Crippen LogP contribution in [0.1, 0.15) is 10.6 Å². The van der Waals surface area contributed by atoms with E-state index in [0.717, 1.165) is 4.47 Å². The van der Waals surface area contributed by atoms with Crippen molar-refractivity contribution in [3.05, 3.63) is 28.8 Å². The lowest BCUT2D eigenvalue weighted by Crippen LogP contribution is -1.98. The lowest BCUT2D eigenvalue weighted by atomic mass is 10.3. The van der Waals surface area contributed by atoms with E-state index in [0.29, 0.717) is 5.56 Å². The van der Waals surface area contributed by atoms with Crippen LogP contribution in [0.15, 0.2) is 27.5 Å². The third-order valence-corrected chi connectivity index (χ3v) is 2.00. The first-order valence-corrected chi connectivity index (χ1v) is 4.64. The Bertz CT molecular complexity index is 511. The Balaban J connectivity index is 2.41. The fraction of sp³-hybridized carbons (Fsp3) is 0. The van der Waals surface area contributed by atoms with Gasteiger partial charge in [-0.1, -0.05) is 0 Å². The normalized spacial score (nSPS) is 10.2. The maximum absolute atomic E-state index is 10.5. The van der Waals surface area contributed by atoms with Crippen molar-refractivity contribution >= 4 is 21.9 Å². The highest BCUT2D eigenvalue weighted by molar-refractivity contribution is 9.10. The molecular weight excluding hydrogens is 266 g/mol. The summed E-state index contributed by atoms with van der Waals surface area (Å²) in [5, 5.41) is 11.9. The van der Waals surface area contributed by atoms with E-state index >= 15 is 0 Å². The number of aromatic carboxylic acids is 1. The van der Waals surface area contributed by atoms with Crippen LogP contribution in [0, 0.1) is 0 Å². The van der Waals surface area contributed by atoms with Crippen LogP contribution in [-0.2, 0) is 0 Å². The van der Waals surface area contributed by atoms with E-state index in [1.165, 1.54) is 6.20 Å². The Morgan fingerprint density at radius 2 is 2.27 bits per heavy atom. The highest BCUT2D eigenvalue weighted by Crippen LogP contribution is 2.19. The molecule has 0 aliphatic rings. The van der Waals surface area contributed by atoms with Gasteiger partial charge in [0, 0.05) is 16.9 Å². The van der Waals surface area contributed by atoms with Crippen molar-refractivity contribution in [1.82, 2.24) is 15.1 Å². The molecule has 0 fully saturated rings. The molecule has 0 aliphatic carbocycles. The SMILES string of the molecule is O=C(O)c1noc(-c2cncc(Br)c2)n1. The van der Waals surface area contributed by atoms with Crippen molar-refractivity contribution in [3.8, 4) is 11.5 Å². The fourth-order valence-corrected chi connectivity index (χ4v) is 1.32. The number of aromatic nitrogens is 3. The lowest BCUT2D eigenvalue weighted by molar-refractivity contribution is 0.0680. The summed E-state index contributed by atoms with van der Waals surface area (Å²) in [6.45, 7) is 0. The summed E-state index contributed by atoms with van der Waals surface area (Å²) in [7, 11) is 0. The number of carboxylic acids is 1. The fourth-order valence-electron chi connectivity index (χ4n) is 0.956. The van der Waals surface area contributed by atoms with Gasteiger partial charge < -0.3 is 9.63 Å². The third kappa shape index (κ3) is 2.01. The van der Waals surface area contributed by atoms with Gasteiger partial charge in [-0.25, -0.2) is 4.79 Å². The van der Waals surface area contributed by atoms with E-state index in [-0.39, 0.29) is 11.7 Å². The predicted molar refractivity (Wildman–Crippen MR) is 52.2 cm³/mol. The smallest absolute Gasteiger partial charge is 0.377 e. The average Bonchev–Trinajstić information content (AvgIpc) is 2.66. The maximum atomic E-state index is 10.5. The first-order valence-electron chi connectivity index (χ1n) is 3.85. The molecule has 0 spiro atoms. The Kier molecular flexibility index (Phi) is 2.46. The Morgan fingerprint density at radius 3 is 2.87 bits per heavy atom. The van der Waals surface area contributed by atoms with E-state index in [2.05, 4.69) is 31.1 Å². The molecule has 0 aromatic carbocycles. The van der Waals surface area contributed by atoms with Gasteiger partial charge in [-0.15, -0.1) is 0 Å². The van der Waals surface area contributed by atoms with Gasteiger partial charge in [-0.2, -0.15) is 4.98 Å². The van der Waals surface area contributed by atoms with E-state index in [1.54, 1.807) is 12.3 Å². The molecule has 2 aromatic heterocycles. The van der Waals surface area contributed by atoms with Crippen molar-refractivity contribution in [3.63, 3.8) is 0 Å². The highest BCUT2D eigenvalue weighted by Gasteiger charge is 2.14. The van der Waals surface area contributed by atoms with E-state index in [9.17, 15) is 4.79 Å². The molecule has 15 heavy (non-hydrogen) atoms. The second kappa shape index (κ2) is 3.77. The van der Waals surface area contributed by atoms with E-state index < -0.39 is 5.97 Å². The molecule has 0 radical (unpaired) electrons. The zero-order valence-corrected chi connectivity index (χ0v) is 8.80.